The van der Waals surface area contributed by atoms with Gasteiger partial charge in [-0.05, 0) is 38.2 Å². The molecule has 9 nitrogen and oxygen atoms in total. The van der Waals surface area contributed by atoms with E-state index in [9.17, 15) is 9.59 Å². The Bertz CT molecular complexity index is 1370. The topological polar surface area (TPSA) is 110 Å². The summed E-state index contributed by atoms with van der Waals surface area (Å²) in [7, 11) is 0. The Morgan fingerprint density at radius 2 is 1.87 bits per heavy atom. The number of rotatable bonds is 6. The highest BCUT2D eigenvalue weighted by molar-refractivity contribution is 7.71. The van der Waals surface area contributed by atoms with Crippen LogP contribution in [0.5, 0.6) is 0 Å². The lowest BCUT2D eigenvalue weighted by Gasteiger charge is -2.14. The number of anilines is 1. The zero-order chi connectivity index (χ0) is 22.0. The summed E-state index contributed by atoms with van der Waals surface area (Å²) in [4.78, 5) is 29.8. The van der Waals surface area contributed by atoms with E-state index in [1.807, 2.05) is 38.1 Å². The molecule has 0 saturated carbocycles. The average Bonchev–Trinajstić information content (AvgIpc) is 3.13. The number of nitrogens with one attached hydrogen (secondary N) is 3. The molecule has 1 amide bonds. The van der Waals surface area contributed by atoms with Gasteiger partial charge in [0.05, 0.1) is 10.9 Å². The van der Waals surface area contributed by atoms with Crippen molar-refractivity contribution in [3.8, 4) is 11.4 Å². The molecular formula is C21H21N7O2S. The molecule has 0 radical (unpaired) electrons. The summed E-state index contributed by atoms with van der Waals surface area (Å²) < 4.78 is 3.40. The number of hydrazine groups is 1. The summed E-state index contributed by atoms with van der Waals surface area (Å²) in [5.41, 5.74) is 7.70. The molecule has 0 unspecified atom stereocenters. The van der Waals surface area contributed by atoms with E-state index in [0.717, 1.165) is 11.1 Å². The number of fused-ring (bicyclic) bond motifs is 1. The Morgan fingerprint density at radius 3 is 2.61 bits per heavy atom. The lowest BCUT2D eigenvalue weighted by molar-refractivity contribution is -0.121. The Kier molecular flexibility index (Phi) is 5.63. The minimum absolute atomic E-state index is 0.0600. The van der Waals surface area contributed by atoms with Crippen LogP contribution in [0.3, 0.4) is 0 Å². The van der Waals surface area contributed by atoms with Gasteiger partial charge in [0, 0.05) is 12.1 Å². The van der Waals surface area contributed by atoms with Gasteiger partial charge in [0.25, 0.3) is 11.5 Å². The van der Waals surface area contributed by atoms with Crippen molar-refractivity contribution in [2.75, 3.05) is 5.43 Å². The van der Waals surface area contributed by atoms with E-state index in [-0.39, 0.29) is 24.0 Å². The Hall–Kier alpha value is -3.79. The van der Waals surface area contributed by atoms with Gasteiger partial charge >= 0.3 is 0 Å². The van der Waals surface area contributed by atoms with Crippen molar-refractivity contribution in [3.05, 3.63) is 69.2 Å². The maximum atomic E-state index is 12.7. The maximum Gasteiger partial charge on any atom is 0.262 e. The van der Waals surface area contributed by atoms with Crippen LogP contribution < -0.4 is 16.4 Å². The molecule has 0 saturated heterocycles. The van der Waals surface area contributed by atoms with Crippen LogP contribution >= 0.6 is 12.2 Å². The van der Waals surface area contributed by atoms with E-state index in [2.05, 4.69) is 26.0 Å². The van der Waals surface area contributed by atoms with Gasteiger partial charge < -0.3 is 0 Å². The summed E-state index contributed by atoms with van der Waals surface area (Å²) >= 11 is 5.29. The third kappa shape index (κ3) is 4.10. The molecule has 0 atom stereocenters. The fourth-order valence-corrected chi connectivity index (χ4v) is 3.45. The van der Waals surface area contributed by atoms with Gasteiger partial charge in [0.1, 0.15) is 6.54 Å². The molecular weight excluding hydrogens is 414 g/mol. The first-order valence-corrected chi connectivity index (χ1v) is 10.2. The molecule has 2 aromatic heterocycles. The highest BCUT2D eigenvalue weighted by Crippen LogP contribution is 2.18. The molecule has 3 N–H and O–H groups in total. The SMILES string of the molecule is CCn1c(NNC(=O)Cn2c(-c3ccc(C)cc3)n[nH]c2=S)nc2ccccc2c1=O. The second-order valence-corrected chi connectivity index (χ2v) is 7.37. The standard InChI is InChI=1S/C21H21N7O2S/c1-3-27-19(30)15-6-4-5-7-16(15)22-20(27)25-23-17(29)12-28-18(24-26-21(28)31)14-10-8-13(2)9-11-14/h4-11H,3,12H2,1-2H3,(H,22,25)(H,23,29)(H,26,31). The third-order valence-corrected chi connectivity index (χ3v) is 5.17. The van der Waals surface area contributed by atoms with Gasteiger partial charge in [0.2, 0.25) is 5.95 Å². The van der Waals surface area contributed by atoms with E-state index in [4.69, 9.17) is 12.2 Å². The van der Waals surface area contributed by atoms with E-state index < -0.39 is 0 Å². The predicted octanol–water partition coefficient (Wildman–Crippen LogP) is 2.79. The predicted molar refractivity (Wildman–Crippen MR) is 121 cm³/mol. The molecule has 4 rings (SSSR count). The van der Waals surface area contributed by atoms with Gasteiger partial charge in [-0.2, -0.15) is 5.10 Å². The molecule has 158 valence electrons. The Morgan fingerprint density at radius 1 is 1.13 bits per heavy atom. The highest BCUT2D eigenvalue weighted by atomic mass is 32.1. The minimum atomic E-state index is -0.365. The number of hydrogen-bond donors (Lipinski definition) is 3. The van der Waals surface area contributed by atoms with Crippen molar-refractivity contribution in [1.29, 1.82) is 0 Å². The smallest absolute Gasteiger partial charge is 0.262 e. The van der Waals surface area contributed by atoms with E-state index in [0.29, 0.717) is 28.0 Å². The largest absolute Gasteiger partial charge is 0.291 e. The second kappa shape index (κ2) is 8.52. The van der Waals surface area contributed by atoms with Gasteiger partial charge in [-0.1, -0.05) is 42.0 Å². The molecule has 0 spiro atoms. The van der Waals surface area contributed by atoms with Gasteiger partial charge in [-0.25, -0.2) is 4.98 Å². The number of aromatic amines is 1. The molecule has 0 aliphatic carbocycles. The third-order valence-electron chi connectivity index (χ3n) is 4.86. The van der Waals surface area contributed by atoms with Crippen LogP contribution in [0.25, 0.3) is 22.3 Å². The number of para-hydroxylation sites is 1. The molecule has 0 aliphatic rings. The van der Waals surface area contributed by atoms with E-state index in [1.54, 1.807) is 28.8 Å². The van der Waals surface area contributed by atoms with Crippen molar-refractivity contribution >= 4 is 35.0 Å². The van der Waals surface area contributed by atoms with Crippen molar-refractivity contribution in [1.82, 2.24) is 29.7 Å². The van der Waals surface area contributed by atoms with Crippen LogP contribution in [0, 0.1) is 11.7 Å². The molecule has 4 aromatic rings. The van der Waals surface area contributed by atoms with Crippen molar-refractivity contribution in [2.45, 2.75) is 26.9 Å². The molecule has 10 heteroatoms. The molecule has 0 fully saturated rings. The number of carbonyl (C=O) groups is 1. The van der Waals surface area contributed by atoms with Crippen molar-refractivity contribution < 1.29 is 4.79 Å². The van der Waals surface area contributed by atoms with Crippen LogP contribution in [-0.4, -0.2) is 30.2 Å². The second-order valence-electron chi connectivity index (χ2n) is 6.98. The van der Waals surface area contributed by atoms with Gasteiger partial charge in [-0.15, -0.1) is 0 Å². The summed E-state index contributed by atoms with van der Waals surface area (Å²) in [5.74, 6) is 0.458. The molecule has 31 heavy (non-hydrogen) atoms. The van der Waals surface area contributed by atoms with Crippen molar-refractivity contribution in [3.63, 3.8) is 0 Å². The average molecular weight is 436 g/mol. The number of aryl methyl sites for hydroxylation is 1. The normalized spacial score (nSPS) is 10.9. The summed E-state index contributed by atoms with van der Waals surface area (Å²) in [6, 6.07) is 14.9. The number of hydrogen-bond acceptors (Lipinski definition) is 6. The maximum absolute atomic E-state index is 12.7. The fraction of sp³-hybridized carbons (Fsp3) is 0.190. The van der Waals surface area contributed by atoms with Crippen LogP contribution in [0.15, 0.2) is 53.3 Å². The van der Waals surface area contributed by atoms with Gasteiger partial charge in [-0.3, -0.25) is 34.7 Å². The minimum Gasteiger partial charge on any atom is -0.291 e. The van der Waals surface area contributed by atoms with Crippen LogP contribution in [0.4, 0.5) is 5.95 Å². The number of H-pyrrole nitrogens is 1. The zero-order valence-electron chi connectivity index (χ0n) is 17.0. The molecule has 0 aliphatic heterocycles. The van der Waals surface area contributed by atoms with Crippen LogP contribution in [-0.2, 0) is 17.9 Å². The Labute approximate surface area is 182 Å². The monoisotopic (exact) mass is 435 g/mol. The van der Waals surface area contributed by atoms with Crippen LogP contribution in [0.1, 0.15) is 12.5 Å². The van der Waals surface area contributed by atoms with E-state index >= 15 is 0 Å². The first-order chi connectivity index (χ1) is 15.0. The highest BCUT2D eigenvalue weighted by Gasteiger charge is 2.14. The number of amides is 1. The Balaban J connectivity index is 1.55. The quantitative estimate of drug-likeness (QED) is 0.317. The van der Waals surface area contributed by atoms with Gasteiger partial charge in [0.15, 0.2) is 10.6 Å². The number of nitrogens with zero attached hydrogens (tertiary/aromatic N) is 4. The fourth-order valence-electron chi connectivity index (χ4n) is 3.25. The lowest BCUT2D eigenvalue weighted by atomic mass is 10.1. The molecule has 2 aromatic carbocycles. The number of benzene rings is 2. The van der Waals surface area contributed by atoms with Crippen molar-refractivity contribution in [2.24, 2.45) is 0 Å². The first-order valence-electron chi connectivity index (χ1n) is 9.74. The van der Waals surface area contributed by atoms with Crippen LogP contribution in [0.2, 0.25) is 0 Å². The molecule has 0 bridgehead atoms. The summed E-state index contributed by atoms with van der Waals surface area (Å²) in [5, 5.41) is 7.50. The zero-order valence-corrected chi connectivity index (χ0v) is 17.9. The lowest BCUT2D eigenvalue weighted by Crippen LogP contribution is -2.36. The van der Waals surface area contributed by atoms with E-state index in [1.165, 1.54) is 4.57 Å². The number of carbonyl (C=O) groups excluding carboxylic acids is 1. The summed E-state index contributed by atoms with van der Waals surface area (Å²) in [6.45, 7) is 4.18. The first kappa shape index (κ1) is 20.5. The molecule has 2 heterocycles. The summed E-state index contributed by atoms with van der Waals surface area (Å²) in [6.07, 6.45) is 0. The number of aromatic nitrogens is 5.